The summed E-state index contributed by atoms with van der Waals surface area (Å²) in [6.07, 6.45) is -3.22. The number of aryl methyl sites for hydroxylation is 1. The van der Waals surface area contributed by atoms with Gasteiger partial charge in [-0.25, -0.2) is 9.97 Å². The van der Waals surface area contributed by atoms with Crippen LogP contribution in [0, 0.1) is 0 Å². The molecule has 0 spiro atoms. The third kappa shape index (κ3) is 2.94. The maximum Gasteiger partial charge on any atom is 0.418 e. The molecule has 0 saturated carbocycles. The first kappa shape index (κ1) is 17.3. The lowest BCUT2D eigenvalue weighted by atomic mass is 10.0. The number of fused-ring (bicyclic) bond motifs is 1. The van der Waals surface area contributed by atoms with E-state index < -0.39 is 12.3 Å². The van der Waals surface area contributed by atoms with E-state index in [9.17, 15) is 18.3 Å². The minimum atomic E-state index is -4.67. The van der Waals surface area contributed by atoms with Crippen LogP contribution >= 0.6 is 0 Å². The minimum absolute atomic E-state index is 0.163. The Hall–Kier alpha value is -2.15. The average Bonchev–Trinajstić information content (AvgIpc) is 3.07. The largest absolute Gasteiger partial charge is 0.418 e. The SMILES string of the molecule is C[C@H]1CCN1c1nc2c(c(-c3ccc(C(O)C(F)(F)F)cc3)n1)CCC2. The van der Waals surface area contributed by atoms with Crippen molar-refractivity contribution >= 4 is 5.95 Å². The molecular weight excluding hydrogens is 343 g/mol. The molecule has 138 valence electrons. The maximum absolute atomic E-state index is 12.7. The Morgan fingerprint density at radius 1 is 1.15 bits per heavy atom. The Labute approximate surface area is 149 Å². The van der Waals surface area contributed by atoms with Gasteiger partial charge in [0.2, 0.25) is 5.95 Å². The van der Waals surface area contributed by atoms with Crippen LogP contribution in [0.4, 0.5) is 19.1 Å². The molecule has 0 bridgehead atoms. The van der Waals surface area contributed by atoms with Crippen LogP contribution in [0.2, 0.25) is 0 Å². The highest BCUT2D eigenvalue weighted by Gasteiger charge is 2.39. The summed E-state index contributed by atoms with van der Waals surface area (Å²) in [5, 5.41) is 9.40. The van der Waals surface area contributed by atoms with Crippen molar-refractivity contribution in [1.82, 2.24) is 9.97 Å². The molecule has 1 fully saturated rings. The number of aromatic nitrogens is 2. The van der Waals surface area contributed by atoms with Crippen molar-refractivity contribution in [3.05, 3.63) is 41.1 Å². The average molecular weight is 363 g/mol. The van der Waals surface area contributed by atoms with E-state index in [0.717, 1.165) is 54.7 Å². The van der Waals surface area contributed by atoms with Crippen LogP contribution in [0.1, 0.15) is 42.7 Å². The molecule has 1 unspecified atom stereocenters. The second-order valence-corrected chi connectivity index (χ2v) is 7.05. The molecule has 1 saturated heterocycles. The van der Waals surface area contributed by atoms with Gasteiger partial charge >= 0.3 is 6.18 Å². The van der Waals surface area contributed by atoms with Gasteiger partial charge < -0.3 is 10.0 Å². The zero-order valence-electron chi connectivity index (χ0n) is 14.4. The minimum Gasteiger partial charge on any atom is -0.379 e. The van der Waals surface area contributed by atoms with Crippen molar-refractivity contribution in [2.75, 3.05) is 11.4 Å². The Kier molecular flexibility index (Phi) is 4.14. The number of rotatable bonds is 3. The molecule has 7 heteroatoms. The third-order valence-electron chi connectivity index (χ3n) is 5.31. The van der Waals surface area contributed by atoms with Crippen LogP contribution in [-0.4, -0.2) is 33.8 Å². The molecule has 4 rings (SSSR count). The molecule has 2 aromatic rings. The lowest BCUT2D eigenvalue weighted by Crippen LogP contribution is -2.46. The van der Waals surface area contributed by atoms with Gasteiger partial charge in [0.1, 0.15) is 0 Å². The van der Waals surface area contributed by atoms with Gasteiger partial charge in [0.25, 0.3) is 0 Å². The molecule has 1 aliphatic heterocycles. The fraction of sp³-hybridized carbons (Fsp3) is 0.474. The number of aliphatic hydroxyl groups is 1. The van der Waals surface area contributed by atoms with E-state index in [1.165, 1.54) is 12.1 Å². The summed E-state index contributed by atoms with van der Waals surface area (Å²) >= 11 is 0. The molecule has 0 amide bonds. The van der Waals surface area contributed by atoms with E-state index in [1.54, 1.807) is 12.1 Å². The van der Waals surface area contributed by atoms with Crippen molar-refractivity contribution in [2.45, 2.75) is 50.9 Å². The fourth-order valence-corrected chi connectivity index (χ4v) is 3.61. The summed E-state index contributed by atoms with van der Waals surface area (Å²) in [4.78, 5) is 11.6. The van der Waals surface area contributed by atoms with E-state index in [-0.39, 0.29) is 5.56 Å². The zero-order valence-corrected chi connectivity index (χ0v) is 14.4. The number of hydrogen-bond donors (Lipinski definition) is 1. The number of alkyl halides is 3. The molecule has 4 nitrogen and oxygen atoms in total. The van der Waals surface area contributed by atoms with Crippen LogP contribution in [0.25, 0.3) is 11.3 Å². The monoisotopic (exact) mass is 363 g/mol. The standard InChI is InChI=1S/C19H20F3N3O/c1-11-9-10-25(11)18-23-15-4-2-3-14(15)16(24-18)12-5-7-13(8-6-12)17(26)19(20,21)22/h5-8,11,17,26H,2-4,9-10H2,1H3/t11-,17?/m0/s1. The summed E-state index contributed by atoms with van der Waals surface area (Å²) in [5.74, 6) is 0.707. The Bertz CT molecular complexity index is 820. The Morgan fingerprint density at radius 3 is 2.46 bits per heavy atom. The number of hydrogen-bond acceptors (Lipinski definition) is 4. The Balaban J connectivity index is 1.71. The van der Waals surface area contributed by atoms with Gasteiger partial charge in [-0.3, -0.25) is 0 Å². The van der Waals surface area contributed by atoms with Crippen molar-refractivity contribution in [1.29, 1.82) is 0 Å². The van der Waals surface area contributed by atoms with Gasteiger partial charge in [-0.05, 0) is 38.2 Å². The number of halogens is 3. The molecule has 1 aliphatic carbocycles. The van der Waals surface area contributed by atoms with E-state index in [0.29, 0.717) is 12.0 Å². The van der Waals surface area contributed by atoms with Gasteiger partial charge in [0.15, 0.2) is 6.10 Å². The van der Waals surface area contributed by atoms with Crippen LogP contribution in [-0.2, 0) is 12.8 Å². The summed E-state index contributed by atoms with van der Waals surface area (Å²) < 4.78 is 38.1. The lowest BCUT2D eigenvalue weighted by molar-refractivity contribution is -0.206. The highest BCUT2D eigenvalue weighted by atomic mass is 19.4. The number of nitrogens with zero attached hydrogens (tertiary/aromatic N) is 3. The molecule has 1 aromatic heterocycles. The summed E-state index contributed by atoms with van der Waals surface area (Å²) in [6.45, 7) is 3.06. The van der Waals surface area contributed by atoms with E-state index in [2.05, 4.69) is 11.8 Å². The molecule has 2 aliphatic rings. The molecule has 1 N–H and O–H groups in total. The van der Waals surface area contributed by atoms with E-state index >= 15 is 0 Å². The first-order valence-electron chi connectivity index (χ1n) is 8.86. The van der Waals surface area contributed by atoms with Crippen LogP contribution < -0.4 is 4.90 Å². The van der Waals surface area contributed by atoms with Gasteiger partial charge in [0.05, 0.1) is 5.69 Å². The summed E-state index contributed by atoms with van der Waals surface area (Å²) in [5.41, 5.74) is 3.53. The number of anilines is 1. The molecule has 0 radical (unpaired) electrons. The molecule has 2 heterocycles. The predicted octanol–water partition coefficient (Wildman–Crippen LogP) is 3.83. The second kappa shape index (κ2) is 6.23. The van der Waals surface area contributed by atoms with Crippen LogP contribution in [0.3, 0.4) is 0 Å². The highest BCUT2D eigenvalue weighted by Crippen LogP contribution is 2.36. The first-order valence-corrected chi connectivity index (χ1v) is 8.86. The fourth-order valence-electron chi connectivity index (χ4n) is 3.61. The summed E-state index contributed by atoms with van der Waals surface area (Å²) in [6, 6.07) is 6.26. The zero-order chi connectivity index (χ0) is 18.5. The topological polar surface area (TPSA) is 49.2 Å². The van der Waals surface area contributed by atoms with Gasteiger partial charge in [-0.15, -0.1) is 0 Å². The van der Waals surface area contributed by atoms with Gasteiger partial charge in [-0.2, -0.15) is 13.2 Å². The smallest absolute Gasteiger partial charge is 0.379 e. The van der Waals surface area contributed by atoms with Crippen molar-refractivity contribution in [3.8, 4) is 11.3 Å². The molecule has 2 atom stereocenters. The van der Waals surface area contributed by atoms with Gasteiger partial charge in [-0.1, -0.05) is 24.3 Å². The van der Waals surface area contributed by atoms with Crippen molar-refractivity contribution < 1.29 is 18.3 Å². The molecule has 26 heavy (non-hydrogen) atoms. The van der Waals surface area contributed by atoms with Crippen molar-refractivity contribution in [2.24, 2.45) is 0 Å². The number of aliphatic hydroxyl groups excluding tert-OH is 1. The quantitative estimate of drug-likeness (QED) is 0.901. The lowest BCUT2D eigenvalue weighted by Gasteiger charge is -2.39. The third-order valence-corrected chi connectivity index (χ3v) is 5.31. The maximum atomic E-state index is 12.7. The van der Waals surface area contributed by atoms with Crippen molar-refractivity contribution in [3.63, 3.8) is 0 Å². The predicted molar refractivity (Wildman–Crippen MR) is 91.9 cm³/mol. The van der Waals surface area contributed by atoms with E-state index in [4.69, 9.17) is 9.97 Å². The normalized spacial score (nSPS) is 20.7. The number of benzene rings is 1. The highest BCUT2D eigenvalue weighted by molar-refractivity contribution is 5.67. The molecular formula is C19H20F3N3O. The van der Waals surface area contributed by atoms with Crippen LogP contribution in [0.15, 0.2) is 24.3 Å². The van der Waals surface area contributed by atoms with Crippen LogP contribution in [0.5, 0.6) is 0 Å². The van der Waals surface area contributed by atoms with E-state index in [1.807, 2.05) is 0 Å². The summed E-state index contributed by atoms with van der Waals surface area (Å²) in [7, 11) is 0. The molecule has 1 aromatic carbocycles. The Morgan fingerprint density at radius 2 is 1.88 bits per heavy atom. The second-order valence-electron chi connectivity index (χ2n) is 7.05. The first-order chi connectivity index (χ1) is 12.3. The van der Waals surface area contributed by atoms with Gasteiger partial charge in [0, 0.05) is 29.4 Å².